The fraction of sp³-hybridized carbons (Fsp3) is 0.500. The molecular weight excluding hydrogens is 293 g/mol. The van der Waals surface area contributed by atoms with Crippen LogP contribution >= 0.6 is 23.2 Å². The highest BCUT2D eigenvalue weighted by atomic mass is 35.5. The van der Waals surface area contributed by atoms with Crippen LogP contribution in [0.25, 0.3) is 0 Å². The first-order valence-electron chi connectivity index (χ1n) is 5.75. The summed E-state index contributed by atoms with van der Waals surface area (Å²) < 4.78 is 25.9. The summed E-state index contributed by atoms with van der Waals surface area (Å²) in [7, 11) is -1.81. The molecule has 0 N–H and O–H groups in total. The zero-order valence-electron chi connectivity index (χ0n) is 10.0. The molecule has 1 fully saturated rings. The van der Waals surface area contributed by atoms with Gasteiger partial charge < -0.3 is 0 Å². The maximum Gasteiger partial charge on any atom is 0.242 e. The van der Waals surface area contributed by atoms with Gasteiger partial charge in [-0.2, -0.15) is 0 Å². The van der Waals surface area contributed by atoms with Gasteiger partial charge in [-0.3, -0.25) is 0 Å². The summed E-state index contributed by atoms with van der Waals surface area (Å²) in [6.45, 7) is 0.522. The van der Waals surface area contributed by atoms with Crippen molar-refractivity contribution in [2.75, 3.05) is 13.6 Å². The Morgan fingerprint density at radius 1 is 1.28 bits per heavy atom. The Morgan fingerprint density at radius 3 is 2.33 bits per heavy atom. The van der Waals surface area contributed by atoms with E-state index in [1.54, 1.807) is 19.2 Å². The molecule has 0 unspecified atom stereocenters. The maximum atomic E-state index is 12.3. The van der Waals surface area contributed by atoms with Gasteiger partial charge in [0.15, 0.2) is 0 Å². The molecule has 3 nitrogen and oxygen atoms in total. The van der Waals surface area contributed by atoms with E-state index < -0.39 is 10.0 Å². The quantitative estimate of drug-likeness (QED) is 0.802. The van der Waals surface area contributed by atoms with Crippen molar-refractivity contribution in [1.29, 1.82) is 0 Å². The van der Waals surface area contributed by atoms with Crippen molar-refractivity contribution in [3.05, 3.63) is 29.3 Å². The van der Waals surface area contributed by atoms with E-state index in [1.807, 2.05) is 0 Å². The van der Waals surface area contributed by atoms with Crippen molar-refractivity contribution >= 4 is 33.2 Å². The Bertz CT molecular complexity index is 509. The third kappa shape index (κ3) is 2.99. The highest BCUT2D eigenvalue weighted by Crippen LogP contribution is 2.33. The summed E-state index contributed by atoms with van der Waals surface area (Å²) in [5.74, 6) is 0.375. The summed E-state index contributed by atoms with van der Waals surface area (Å²) in [5.41, 5.74) is 0. The molecule has 0 radical (unpaired) electrons. The Kier molecular flexibility index (Phi) is 4.22. The molecule has 0 amide bonds. The van der Waals surface area contributed by atoms with Gasteiger partial charge in [-0.15, -0.1) is 11.6 Å². The zero-order chi connectivity index (χ0) is 13.3. The number of halogens is 2. The highest BCUT2D eigenvalue weighted by Gasteiger charge is 2.31. The lowest BCUT2D eigenvalue weighted by Crippen LogP contribution is -2.37. The molecule has 0 spiro atoms. The Morgan fingerprint density at radius 2 is 1.83 bits per heavy atom. The van der Waals surface area contributed by atoms with E-state index in [0.717, 1.165) is 12.8 Å². The van der Waals surface area contributed by atoms with Gasteiger partial charge in [-0.05, 0) is 43.0 Å². The van der Waals surface area contributed by atoms with Crippen LogP contribution in [0.1, 0.15) is 12.8 Å². The van der Waals surface area contributed by atoms with E-state index in [0.29, 0.717) is 17.5 Å². The summed E-state index contributed by atoms with van der Waals surface area (Å²) in [6, 6.07) is 6.22. The molecule has 1 aromatic rings. The van der Waals surface area contributed by atoms with Crippen molar-refractivity contribution in [1.82, 2.24) is 4.31 Å². The van der Waals surface area contributed by atoms with Gasteiger partial charge in [-0.25, -0.2) is 12.7 Å². The molecule has 0 heterocycles. The Balaban J connectivity index is 2.08. The SMILES string of the molecule is CN(CC1CC(Cl)C1)S(=O)(=O)c1ccc(Cl)cc1. The van der Waals surface area contributed by atoms with Crippen molar-refractivity contribution in [2.24, 2.45) is 5.92 Å². The average Bonchev–Trinajstić information content (AvgIpc) is 2.27. The summed E-state index contributed by atoms with van der Waals surface area (Å²) in [5, 5.41) is 0.738. The smallest absolute Gasteiger partial charge is 0.207 e. The molecule has 1 aliphatic rings. The number of sulfonamides is 1. The van der Waals surface area contributed by atoms with Crippen LogP contribution in [-0.2, 0) is 10.0 Å². The van der Waals surface area contributed by atoms with Crippen LogP contribution in [0.5, 0.6) is 0 Å². The minimum absolute atomic E-state index is 0.210. The first-order valence-corrected chi connectivity index (χ1v) is 8.01. The molecule has 0 aliphatic heterocycles. The van der Waals surface area contributed by atoms with Gasteiger partial charge in [0.25, 0.3) is 0 Å². The molecule has 1 aliphatic carbocycles. The topological polar surface area (TPSA) is 37.4 Å². The molecule has 0 bridgehead atoms. The predicted octanol–water partition coefficient (Wildman–Crippen LogP) is 2.98. The van der Waals surface area contributed by atoms with E-state index in [4.69, 9.17) is 23.2 Å². The lowest BCUT2D eigenvalue weighted by Gasteiger charge is -2.33. The number of alkyl halides is 1. The van der Waals surface area contributed by atoms with Gasteiger partial charge >= 0.3 is 0 Å². The molecule has 0 saturated heterocycles. The zero-order valence-corrected chi connectivity index (χ0v) is 12.3. The Hall–Kier alpha value is -0.290. The highest BCUT2D eigenvalue weighted by molar-refractivity contribution is 7.89. The van der Waals surface area contributed by atoms with E-state index in [-0.39, 0.29) is 10.3 Å². The third-order valence-corrected chi connectivity index (χ3v) is 5.66. The van der Waals surface area contributed by atoms with Gasteiger partial charge in [0.1, 0.15) is 0 Å². The van der Waals surface area contributed by atoms with Crippen molar-refractivity contribution < 1.29 is 8.42 Å². The summed E-state index contributed by atoms with van der Waals surface area (Å²) in [6.07, 6.45) is 1.78. The monoisotopic (exact) mass is 307 g/mol. The van der Waals surface area contributed by atoms with Crippen LogP contribution in [-0.4, -0.2) is 31.7 Å². The van der Waals surface area contributed by atoms with Crippen molar-refractivity contribution in [2.45, 2.75) is 23.1 Å². The second kappa shape index (κ2) is 5.37. The summed E-state index contributed by atoms with van der Waals surface area (Å²) >= 11 is 11.6. The van der Waals surface area contributed by atoms with Crippen LogP contribution in [0.2, 0.25) is 5.02 Å². The second-order valence-corrected chi connectivity index (χ2v) is 7.77. The number of benzene rings is 1. The van der Waals surface area contributed by atoms with Crippen LogP contribution in [0, 0.1) is 5.92 Å². The normalized spacial score (nSPS) is 24.0. The fourth-order valence-corrected chi connectivity index (χ4v) is 3.93. The van der Waals surface area contributed by atoms with Gasteiger partial charge in [-0.1, -0.05) is 11.6 Å². The fourth-order valence-electron chi connectivity index (χ4n) is 2.05. The van der Waals surface area contributed by atoms with E-state index in [2.05, 4.69) is 0 Å². The van der Waals surface area contributed by atoms with Crippen molar-refractivity contribution in [3.8, 4) is 0 Å². The molecule has 1 saturated carbocycles. The van der Waals surface area contributed by atoms with E-state index in [9.17, 15) is 8.42 Å². The lowest BCUT2D eigenvalue weighted by molar-refractivity contribution is 0.268. The third-order valence-electron chi connectivity index (χ3n) is 3.22. The second-order valence-electron chi connectivity index (χ2n) is 4.67. The number of hydrogen-bond acceptors (Lipinski definition) is 2. The molecule has 0 atom stereocenters. The van der Waals surface area contributed by atoms with Gasteiger partial charge in [0.2, 0.25) is 10.0 Å². The van der Waals surface area contributed by atoms with E-state index >= 15 is 0 Å². The Labute approximate surface area is 118 Å². The van der Waals surface area contributed by atoms with Gasteiger partial charge in [0.05, 0.1) is 4.90 Å². The molecule has 0 aromatic heterocycles. The number of rotatable bonds is 4. The molecule has 6 heteroatoms. The average molecular weight is 308 g/mol. The minimum atomic E-state index is -3.41. The maximum absolute atomic E-state index is 12.3. The molecule has 1 aromatic carbocycles. The summed E-state index contributed by atoms with van der Waals surface area (Å²) in [4.78, 5) is 0.274. The van der Waals surface area contributed by atoms with Crippen LogP contribution in [0.15, 0.2) is 29.2 Å². The lowest BCUT2D eigenvalue weighted by atomic mass is 9.85. The van der Waals surface area contributed by atoms with Crippen LogP contribution in [0.4, 0.5) is 0 Å². The molecule has 100 valence electrons. The largest absolute Gasteiger partial charge is 0.242 e. The molecule has 18 heavy (non-hydrogen) atoms. The molecule has 2 rings (SSSR count). The van der Waals surface area contributed by atoms with Crippen molar-refractivity contribution in [3.63, 3.8) is 0 Å². The van der Waals surface area contributed by atoms with Crippen LogP contribution < -0.4 is 0 Å². The minimum Gasteiger partial charge on any atom is -0.207 e. The van der Waals surface area contributed by atoms with E-state index in [1.165, 1.54) is 16.4 Å². The predicted molar refractivity (Wildman–Crippen MR) is 73.6 cm³/mol. The number of hydrogen-bond donors (Lipinski definition) is 0. The standard InChI is InChI=1S/C12H15Cl2NO2S/c1-15(8-9-6-11(14)7-9)18(16,17)12-4-2-10(13)3-5-12/h2-5,9,11H,6-8H2,1H3. The first kappa shape index (κ1) is 14.1. The van der Waals surface area contributed by atoms with Gasteiger partial charge in [0, 0.05) is 24.0 Å². The molecular formula is C12H15Cl2NO2S. The first-order chi connectivity index (χ1) is 8.39. The van der Waals surface area contributed by atoms with Crippen LogP contribution in [0.3, 0.4) is 0 Å². The number of nitrogens with zero attached hydrogens (tertiary/aromatic N) is 1.